The Morgan fingerprint density at radius 3 is 2.62 bits per heavy atom. The van der Waals surface area contributed by atoms with Gasteiger partial charge in [0.1, 0.15) is 0 Å². The molecule has 2 heterocycles. The van der Waals surface area contributed by atoms with Gasteiger partial charge in [0.05, 0.1) is 6.04 Å². The third-order valence-electron chi connectivity index (χ3n) is 6.33. The SMILES string of the molecule is CC1CC(C)C(C)N(C(=O)C2CCC3CCCCC3N2)C1. The van der Waals surface area contributed by atoms with Gasteiger partial charge >= 0.3 is 0 Å². The van der Waals surface area contributed by atoms with Crippen LogP contribution in [-0.2, 0) is 4.79 Å². The number of nitrogens with one attached hydrogen (secondary N) is 1. The average Bonchev–Trinajstić information content (AvgIpc) is 2.49. The van der Waals surface area contributed by atoms with Crippen molar-refractivity contribution in [2.75, 3.05) is 6.54 Å². The molecule has 2 saturated heterocycles. The van der Waals surface area contributed by atoms with Crippen LogP contribution in [0.15, 0.2) is 0 Å². The number of likely N-dealkylation sites (tertiary alicyclic amines) is 1. The lowest BCUT2D eigenvalue weighted by Crippen LogP contribution is -2.59. The first-order valence-electron chi connectivity index (χ1n) is 9.12. The average molecular weight is 292 g/mol. The van der Waals surface area contributed by atoms with Crippen molar-refractivity contribution in [1.82, 2.24) is 10.2 Å². The predicted molar refractivity (Wildman–Crippen MR) is 86.0 cm³/mol. The Morgan fingerprint density at radius 1 is 1.05 bits per heavy atom. The van der Waals surface area contributed by atoms with Crippen molar-refractivity contribution in [3.8, 4) is 0 Å². The molecule has 1 N–H and O–H groups in total. The van der Waals surface area contributed by atoms with Crippen LogP contribution in [0.25, 0.3) is 0 Å². The molecular formula is C18H32N2O. The van der Waals surface area contributed by atoms with E-state index in [-0.39, 0.29) is 6.04 Å². The van der Waals surface area contributed by atoms with Gasteiger partial charge in [-0.15, -0.1) is 0 Å². The van der Waals surface area contributed by atoms with Gasteiger partial charge in [-0.3, -0.25) is 4.79 Å². The van der Waals surface area contributed by atoms with Crippen LogP contribution in [-0.4, -0.2) is 35.5 Å². The van der Waals surface area contributed by atoms with Crippen LogP contribution in [0.4, 0.5) is 0 Å². The molecule has 0 aromatic carbocycles. The molecule has 3 fully saturated rings. The highest BCUT2D eigenvalue weighted by molar-refractivity contribution is 5.82. The minimum absolute atomic E-state index is 0.0873. The van der Waals surface area contributed by atoms with Crippen LogP contribution in [0, 0.1) is 17.8 Å². The maximum Gasteiger partial charge on any atom is 0.239 e. The summed E-state index contributed by atoms with van der Waals surface area (Å²) >= 11 is 0. The molecule has 0 spiro atoms. The largest absolute Gasteiger partial charge is 0.338 e. The maximum absolute atomic E-state index is 13.0. The maximum atomic E-state index is 13.0. The van der Waals surface area contributed by atoms with Crippen LogP contribution < -0.4 is 5.32 Å². The van der Waals surface area contributed by atoms with Gasteiger partial charge in [-0.1, -0.05) is 26.7 Å². The Bertz CT molecular complexity index is 383. The number of amides is 1. The second-order valence-electron chi connectivity index (χ2n) is 8.00. The molecule has 2 aliphatic heterocycles. The number of nitrogens with zero attached hydrogens (tertiary/aromatic N) is 1. The number of carbonyl (C=O) groups excluding carboxylic acids is 1. The molecule has 21 heavy (non-hydrogen) atoms. The second kappa shape index (κ2) is 6.28. The fourth-order valence-corrected chi connectivity index (χ4v) is 4.90. The van der Waals surface area contributed by atoms with Crippen molar-refractivity contribution < 1.29 is 4.79 Å². The van der Waals surface area contributed by atoms with Gasteiger partial charge in [0, 0.05) is 18.6 Å². The molecule has 3 heteroatoms. The van der Waals surface area contributed by atoms with Crippen molar-refractivity contribution in [1.29, 1.82) is 0 Å². The predicted octanol–water partition coefficient (Wildman–Crippen LogP) is 3.19. The monoisotopic (exact) mass is 292 g/mol. The quantitative estimate of drug-likeness (QED) is 0.805. The first kappa shape index (κ1) is 15.3. The first-order chi connectivity index (χ1) is 10.1. The molecule has 0 aromatic rings. The Labute approximate surface area is 129 Å². The fraction of sp³-hybridized carbons (Fsp3) is 0.944. The topological polar surface area (TPSA) is 32.3 Å². The molecule has 1 amide bonds. The summed E-state index contributed by atoms with van der Waals surface area (Å²) < 4.78 is 0. The number of hydrogen-bond donors (Lipinski definition) is 1. The van der Waals surface area contributed by atoms with Gasteiger partial charge in [0.15, 0.2) is 0 Å². The zero-order chi connectivity index (χ0) is 15.0. The lowest BCUT2D eigenvalue weighted by atomic mass is 9.77. The van der Waals surface area contributed by atoms with E-state index in [4.69, 9.17) is 0 Å². The van der Waals surface area contributed by atoms with Crippen molar-refractivity contribution in [3.63, 3.8) is 0 Å². The third kappa shape index (κ3) is 3.13. The molecule has 0 bridgehead atoms. The molecule has 1 aliphatic carbocycles. The number of hydrogen-bond acceptors (Lipinski definition) is 2. The number of piperidine rings is 2. The zero-order valence-electron chi connectivity index (χ0n) is 14.0. The highest BCUT2D eigenvalue weighted by Gasteiger charge is 2.39. The van der Waals surface area contributed by atoms with Crippen LogP contribution >= 0.6 is 0 Å². The molecule has 120 valence electrons. The first-order valence-corrected chi connectivity index (χ1v) is 9.12. The lowest BCUT2D eigenvalue weighted by Gasteiger charge is -2.45. The van der Waals surface area contributed by atoms with Crippen LogP contribution in [0.1, 0.15) is 65.7 Å². The Morgan fingerprint density at radius 2 is 1.81 bits per heavy atom. The van der Waals surface area contributed by atoms with Crippen LogP contribution in [0.3, 0.4) is 0 Å². The smallest absolute Gasteiger partial charge is 0.239 e. The molecule has 6 atom stereocenters. The summed E-state index contributed by atoms with van der Waals surface area (Å²) in [6, 6.07) is 1.10. The van der Waals surface area contributed by atoms with Crippen molar-refractivity contribution in [3.05, 3.63) is 0 Å². The Hall–Kier alpha value is -0.570. The minimum atomic E-state index is 0.0873. The summed E-state index contributed by atoms with van der Waals surface area (Å²) in [6.07, 6.45) is 8.92. The molecule has 0 radical (unpaired) electrons. The van der Waals surface area contributed by atoms with Crippen LogP contribution in [0.5, 0.6) is 0 Å². The second-order valence-corrected chi connectivity index (χ2v) is 8.00. The Kier molecular flexibility index (Phi) is 4.58. The number of fused-ring (bicyclic) bond motifs is 1. The summed E-state index contributed by atoms with van der Waals surface area (Å²) in [7, 11) is 0. The number of rotatable bonds is 1. The van der Waals surface area contributed by atoms with E-state index in [0.29, 0.717) is 29.8 Å². The van der Waals surface area contributed by atoms with E-state index in [2.05, 4.69) is 31.0 Å². The molecule has 0 aromatic heterocycles. The molecular weight excluding hydrogens is 260 g/mol. The molecule has 6 unspecified atom stereocenters. The van der Waals surface area contributed by atoms with E-state index < -0.39 is 0 Å². The highest BCUT2D eigenvalue weighted by atomic mass is 16.2. The summed E-state index contributed by atoms with van der Waals surface area (Å²) in [4.78, 5) is 15.2. The normalized spacial score (nSPS) is 44.2. The van der Waals surface area contributed by atoms with Gasteiger partial charge < -0.3 is 10.2 Å². The van der Waals surface area contributed by atoms with E-state index in [1.54, 1.807) is 0 Å². The molecule has 1 saturated carbocycles. The Balaban J connectivity index is 1.64. The van der Waals surface area contributed by atoms with Crippen molar-refractivity contribution in [2.24, 2.45) is 17.8 Å². The summed E-state index contributed by atoms with van der Waals surface area (Å²) in [5.74, 6) is 2.49. The highest BCUT2D eigenvalue weighted by Crippen LogP contribution is 2.34. The number of carbonyl (C=O) groups is 1. The third-order valence-corrected chi connectivity index (χ3v) is 6.33. The zero-order valence-corrected chi connectivity index (χ0v) is 14.0. The van der Waals surface area contributed by atoms with Crippen LogP contribution in [0.2, 0.25) is 0 Å². The molecule has 3 nitrogen and oxygen atoms in total. The fourth-order valence-electron chi connectivity index (χ4n) is 4.90. The van der Waals surface area contributed by atoms with E-state index in [1.165, 1.54) is 38.5 Å². The van der Waals surface area contributed by atoms with Crippen molar-refractivity contribution in [2.45, 2.75) is 83.8 Å². The van der Waals surface area contributed by atoms with Gasteiger partial charge in [-0.2, -0.15) is 0 Å². The molecule has 3 aliphatic rings. The van der Waals surface area contributed by atoms with E-state index >= 15 is 0 Å². The summed E-state index contributed by atoms with van der Waals surface area (Å²) in [5.41, 5.74) is 0. The van der Waals surface area contributed by atoms with Gasteiger partial charge in [0.2, 0.25) is 5.91 Å². The van der Waals surface area contributed by atoms with Crippen molar-refractivity contribution >= 4 is 5.91 Å². The van der Waals surface area contributed by atoms with Gasteiger partial charge in [0.25, 0.3) is 0 Å². The van der Waals surface area contributed by atoms with E-state index in [0.717, 1.165) is 18.9 Å². The van der Waals surface area contributed by atoms with E-state index in [9.17, 15) is 4.79 Å². The minimum Gasteiger partial charge on any atom is -0.338 e. The summed E-state index contributed by atoms with van der Waals surface area (Å²) in [5, 5.41) is 3.71. The molecule has 3 rings (SSSR count). The lowest BCUT2D eigenvalue weighted by molar-refractivity contribution is -0.140. The standard InChI is InChI=1S/C18H32N2O/c1-12-10-13(2)14(3)20(11-12)18(21)17-9-8-15-6-4-5-7-16(15)19-17/h12-17,19H,4-11H2,1-3H3. The summed E-state index contributed by atoms with van der Waals surface area (Å²) in [6.45, 7) is 7.78. The van der Waals surface area contributed by atoms with Gasteiger partial charge in [-0.05, 0) is 56.8 Å². The van der Waals surface area contributed by atoms with E-state index in [1.807, 2.05) is 0 Å². The van der Waals surface area contributed by atoms with Gasteiger partial charge in [-0.25, -0.2) is 0 Å².